The molecular formula is C17H23NO. The minimum Gasteiger partial charge on any atom is -0.391 e. The number of hydrogen-bond donors (Lipinski definition) is 2. The molecule has 2 N–H and O–H groups in total. The zero-order chi connectivity index (χ0) is 13.7. The van der Waals surface area contributed by atoms with Crippen molar-refractivity contribution in [2.75, 3.05) is 13.1 Å². The van der Waals surface area contributed by atoms with Crippen LogP contribution in [0, 0.1) is 5.92 Å². The van der Waals surface area contributed by atoms with Gasteiger partial charge in [0.25, 0.3) is 0 Å². The van der Waals surface area contributed by atoms with Crippen LogP contribution in [0.15, 0.2) is 42.5 Å². The molecule has 2 aromatic carbocycles. The molecule has 2 rings (SSSR count). The Labute approximate surface area is 115 Å². The van der Waals surface area contributed by atoms with Crippen molar-refractivity contribution in [1.82, 2.24) is 5.32 Å². The fourth-order valence-corrected chi connectivity index (χ4v) is 2.34. The summed E-state index contributed by atoms with van der Waals surface area (Å²) in [5, 5.41) is 15.9. The van der Waals surface area contributed by atoms with E-state index in [4.69, 9.17) is 0 Å². The van der Waals surface area contributed by atoms with Crippen molar-refractivity contribution in [3.8, 4) is 0 Å². The van der Waals surface area contributed by atoms with E-state index in [0.717, 1.165) is 6.54 Å². The molecule has 2 nitrogen and oxygen atoms in total. The third kappa shape index (κ3) is 4.05. The minimum atomic E-state index is -0.329. The van der Waals surface area contributed by atoms with Gasteiger partial charge in [-0.05, 0) is 28.8 Å². The van der Waals surface area contributed by atoms with Crippen molar-refractivity contribution in [3.63, 3.8) is 0 Å². The Morgan fingerprint density at radius 2 is 1.74 bits per heavy atom. The molecule has 1 unspecified atom stereocenters. The Morgan fingerprint density at radius 3 is 2.53 bits per heavy atom. The van der Waals surface area contributed by atoms with Crippen molar-refractivity contribution in [1.29, 1.82) is 0 Å². The Morgan fingerprint density at radius 1 is 1.00 bits per heavy atom. The van der Waals surface area contributed by atoms with E-state index >= 15 is 0 Å². The van der Waals surface area contributed by atoms with E-state index in [1.54, 1.807) is 0 Å². The minimum absolute atomic E-state index is 0.329. The van der Waals surface area contributed by atoms with E-state index in [0.29, 0.717) is 18.9 Å². The van der Waals surface area contributed by atoms with Crippen molar-refractivity contribution in [2.24, 2.45) is 5.92 Å². The summed E-state index contributed by atoms with van der Waals surface area (Å²) in [6.45, 7) is 5.95. The van der Waals surface area contributed by atoms with Gasteiger partial charge in [-0.1, -0.05) is 56.3 Å². The number of aliphatic hydroxyl groups excluding tert-OH is 1. The summed E-state index contributed by atoms with van der Waals surface area (Å²) in [4.78, 5) is 0. The maximum atomic E-state index is 10.1. The fraction of sp³-hybridized carbons (Fsp3) is 0.412. The summed E-state index contributed by atoms with van der Waals surface area (Å²) in [7, 11) is 0. The predicted molar refractivity (Wildman–Crippen MR) is 81.4 cm³/mol. The summed E-state index contributed by atoms with van der Waals surface area (Å²) in [5.74, 6) is 0.616. The molecule has 0 aliphatic rings. The van der Waals surface area contributed by atoms with Crippen LogP contribution in [0.3, 0.4) is 0 Å². The molecular weight excluding hydrogens is 234 g/mol. The second-order valence-corrected chi connectivity index (χ2v) is 5.55. The second kappa shape index (κ2) is 6.69. The zero-order valence-electron chi connectivity index (χ0n) is 11.8. The van der Waals surface area contributed by atoms with Gasteiger partial charge in [-0.25, -0.2) is 0 Å². The Bertz CT molecular complexity index is 516. The van der Waals surface area contributed by atoms with Crippen LogP contribution in [0.2, 0.25) is 0 Å². The quantitative estimate of drug-likeness (QED) is 0.834. The van der Waals surface area contributed by atoms with E-state index in [2.05, 4.69) is 55.6 Å². The van der Waals surface area contributed by atoms with Gasteiger partial charge in [0.15, 0.2) is 0 Å². The number of benzene rings is 2. The Kier molecular flexibility index (Phi) is 4.94. The van der Waals surface area contributed by atoms with Crippen LogP contribution in [0.25, 0.3) is 10.8 Å². The molecule has 0 saturated heterocycles. The molecule has 0 radical (unpaired) electrons. The lowest BCUT2D eigenvalue weighted by molar-refractivity contribution is 0.171. The fourth-order valence-electron chi connectivity index (χ4n) is 2.34. The molecule has 19 heavy (non-hydrogen) atoms. The van der Waals surface area contributed by atoms with Crippen LogP contribution in [0.4, 0.5) is 0 Å². The van der Waals surface area contributed by atoms with E-state index in [1.165, 1.54) is 16.3 Å². The first-order valence-electron chi connectivity index (χ1n) is 7.02. The molecule has 2 heteroatoms. The number of aliphatic hydroxyl groups is 1. The molecule has 0 heterocycles. The average molecular weight is 257 g/mol. The lowest BCUT2D eigenvalue weighted by Crippen LogP contribution is -2.30. The number of nitrogens with one attached hydrogen (secondary N) is 1. The molecule has 0 aromatic heterocycles. The molecule has 0 saturated carbocycles. The predicted octanol–water partition coefficient (Wildman–Crippen LogP) is 2.99. The maximum Gasteiger partial charge on any atom is 0.0705 e. The van der Waals surface area contributed by atoms with E-state index in [1.807, 2.05) is 6.07 Å². The molecule has 0 amide bonds. The molecule has 0 bridgehead atoms. The lowest BCUT2D eigenvalue weighted by atomic mass is 10.00. The van der Waals surface area contributed by atoms with Gasteiger partial charge >= 0.3 is 0 Å². The van der Waals surface area contributed by atoms with Gasteiger partial charge < -0.3 is 10.4 Å². The first-order chi connectivity index (χ1) is 9.16. The molecule has 2 aromatic rings. The van der Waals surface area contributed by atoms with Crippen LogP contribution < -0.4 is 5.32 Å². The van der Waals surface area contributed by atoms with Crippen molar-refractivity contribution < 1.29 is 5.11 Å². The van der Waals surface area contributed by atoms with Crippen LogP contribution >= 0.6 is 0 Å². The first kappa shape index (κ1) is 14.0. The number of fused-ring (bicyclic) bond motifs is 1. The standard InChI is InChI=1S/C17H23NO/c1-13(2)11-18-12-16(19)10-15-8-5-7-14-6-3-4-9-17(14)15/h3-9,13,16,18-19H,10-12H2,1-2H3. The summed E-state index contributed by atoms with van der Waals surface area (Å²) in [6.07, 6.45) is 0.372. The van der Waals surface area contributed by atoms with Crippen LogP contribution in [-0.2, 0) is 6.42 Å². The molecule has 0 fully saturated rings. The van der Waals surface area contributed by atoms with Gasteiger partial charge in [0.2, 0.25) is 0 Å². The molecule has 0 aliphatic carbocycles. The third-order valence-corrected chi connectivity index (χ3v) is 3.27. The summed E-state index contributed by atoms with van der Waals surface area (Å²) in [6, 6.07) is 14.6. The summed E-state index contributed by atoms with van der Waals surface area (Å²) >= 11 is 0. The van der Waals surface area contributed by atoms with Gasteiger partial charge in [0.05, 0.1) is 6.10 Å². The highest BCUT2D eigenvalue weighted by Crippen LogP contribution is 2.19. The van der Waals surface area contributed by atoms with Crippen molar-refractivity contribution in [3.05, 3.63) is 48.0 Å². The maximum absolute atomic E-state index is 10.1. The SMILES string of the molecule is CC(C)CNCC(O)Cc1cccc2ccccc12. The molecule has 1 atom stereocenters. The zero-order valence-corrected chi connectivity index (χ0v) is 11.8. The third-order valence-electron chi connectivity index (χ3n) is 3.27. The topological polar surface area (TPSA) is 32.3 Å². The van der Waals surface area contributed by atoms with E-state index in [-0.39, 0.29) is 6.10 Å². The summed E-state index contributed by atoms with van der Waals surface area (Å²) in [5.41, 5.74) is 1.22. The number of hydrogen-bond acceptors (Lipinski definition) is 2. The number of rotatable bonds is 6. The van der Waals surface area contributed by atoms with Crippen LogP contribution in [-0.4, -0.2) is 24.3 Å². The molecule has 0 aliphatic heterocycles. The van der Waals surface area contributed by atoms with E-state index in [9.17, 15) is 5.11 Å². The highest BCUT2D eigenvalue weighted by atomic mass is 16.3. The summed E-state index contributed by atoms with van der Waals surface area (Å²) < 4.78 is 0. The van der Waals surface area contributed by atoms with Crippen LogP contribution in [0.5, 0.6) is 0 Å². The first-order valence-corrected chi connectivity index (χ1v) is 7.02. The smallest absolute Gasteiger partial charge is 0.0705 e. The molecule has 0 spiro atoms. The van der Waals surface area contributed by atoms with Crippen molar-refractivity contribution in [2.45, 2.75) is 26.4 Å². The Hall–Kier alpha value is -1.38. The largest absolute Gasteiger partial charge is 0.391 e. The van der Waals surface area contributed by atoms with Gasteiger partial charge in [-0.2, -0.15) is 0 Å². The lowest BCUT2D eigenvalue weighted by Gasteiger charge is -2.14. The normalized spacial score (nSPS) is 13.1. The average Bonchev–Trinajstić information content (AvgIpc) is 2.39. The molecule has 102 valence electrons. The van der Waals surface area contributed by atoms with Gasteiger partial charge in [0, 0.05) is 13.0 Å². The van der Waals surface area contributed by atoms with Gasteiger partial charge in [-0.3, -0.25) is 0 Å². The van der Waals surface area contributed by atoms with E-state index < -0.39 is 0 Å². The second-order valence-electron chi connectivity index (χ2n) is 5.55. The van der Waals surface area contributed by atoms with Crippen molar-refractivity contribution >= 4 is 10.8 Å². The van der Waals surface area contributed by atoms with Gasteiger partial charge in [0.1, 0.15) is 0 Å². The highest BCUT2D eigenvalue weighted by Gasteiger charge is 2.08. The Balaban J connectivity index is 2.00. The highest BCUT2D eigenvalue weighted by molar-refractivity contribution is 5.85. The van der Waals surface area contributed by atoms with Gasteiger partial charge in [-0.15, -0.1) is 0 Å². The monoisotopic (exact) mass is 257 g/mol. The van der Waals surface area contributed by atoms with Crippen LogP contribution in [0.1, 0.15) is 19.4 Å².